The summed E-state index contributed by atoms with van der Waals surface area (Å²) in [5, 5.41) is 4.10. The molecule has 1 fully saturated rings. The van der Waals surface area contributed by atoms with Crippen LogP contribution in [-0.2, 0) is 0 Å². The molecule has 0 saturated carbocycles. The molecule has 1 aliphatic rings. The Morgan fingerprint density at radius 2 is 2.10 bits per heavy atom. The molecular formula is C16H26ClN3. The lowest BCUT2D eigenvalue weighted by Crippen LogP contribution is -2.37. The molecule has 0 bridgehead atoms. The molecule has 3 nitrogen and oxygen atoms in total. The van der Waals surface area contributed by atoms with Gasteiger partial charge in [0.05, 0.1) is 0 Å². The van der Waals surface area contributed by atoms with Gasteiger partial charge in [-0.25, -0.2) is 0 Å². The summed E-state index contributed by atoms with van der Waals surface area (Å²) in [5.41, 5.74) is 2.40. The number of nitrogens with one attached hydrogen (secondary N) is 1. The van der Waals surface area contributed by atoms with Crippen LogP contribution in [0.15, 0.2) is 18.2 Å². The van der Waals surface area contributed by atoms with Crippen molar-refractivity contribution in [2.45, 2.75) is 32.4 Å². The number of benzene rings is 1. The van der Waals surface area contributed by atoms with Gasteiger partial charge in [0.15, 0.2) is 0 Å². The van der Waals surface area contributed by atoms with Gasteiger partial charge in [-0.3, -0.25) is 0 Å². The van der Waals surface area contributed by atoms with Crippen molar-refractivity contribution in [1.29, 1.82) is 0 Å². The number of likely N-dealkylation sites (N-methyl/N-ethyl adjacent to an activating group) is 1. The van der Waals surface area contributed by atoms with Crippen LogP contribution in [0.1, 0.15) is 31.9 Å². The van der Waals surface area contributed by atoms with Crippen molar-refractivity contribution in [2.75, 3.05) is 38.6 Å². The average Bonchev–Trinajstić information content (AvgIpc) is 2.58. The second kappa shape index (κ2) is 6.79. The molecule has 20 heavy (non-hydrogen) atoms. The van der Waals surface area contributed by atoms with Crippen LogP contribution in [-0.4, -0.2) is 44.7 Å². The Labute approximate surface area is 127 Å². The Morgan fingerprint density at radius 1 is 1.35 bits per heavy atom. The fourth-order valence-electron chi connectivity index (χ4n) is 2.96. The average molecular weight is 296 g/mol. The van der Waals surface area contributed by atoms with Gasteiger partial charge in [0.2, 0.25) is 0 Å². The fraction of sp³-hybridized carbons (Fsp3) is 0.625. The second-order valence-electron chi connectivity index (χ2n) is 5.87. The molecule has 0 radical (unpaired) electrons. The zero-order valence-electron chi connectivity index (χ0n) is 13.0. The number of anilines is 1. The Balaban J connectivity index is 2.22. The number of hydrogen-bond acceptors (Lipinski definition) is 3. The molecular weight excluding hydrogens is 270 g/mol. The smallest absolute Gasteiger partial charge is 0.0474 e. The van der Waals surface area contributed by atoms with Gasteiger partial charge in [0.1, 0.15) is 0 Å². The molecule has 2 atom stereocenters. The monoisotopic (exact) mass is 295 g/mol. The molecule has 1 aromatic rings. The maximum Gasteiger partial charge on any atom is 0.0474 e. The SMILES string of the molecule is CNC(C)c1ccc(N2CCCN(C)CC2C)cc1Cl. The first kappa shape index (κ1) is 15.6. The van der Waals surface area contributed by atoms with Crippen molar-refractivity contribution in [2.24, 2.45) is 0 Å². The van der Waals surface area contributed by atoms with Gasteiger partial charge >= 0.3 is 0 Å². The lowest BCUT2D eigenvalue weighted by Gasteiger charge is -2.30. The van der Waals surface area contributed by atoms with Gasteiger partial charge in [-0.05, 0) is 58.6 Å². The van der Waals surface area contributed by atoms with E-state index in [0.717, 1.165) is 23.7 Å². The van der Waals surface area contributed by atoms with Crippen LogP contribution < -0.4 is 10.2 Å². The quantitative estimate of drug-likeness (QED) is 0.924. The minimum Gasteiger partial charge on any atom is -0.367 e. The fourth-order valence-corrected chi connectivity index (χ4v) is 3.30. The first-order chi connectivity index (χ1) is 9.52. The van der Waals surface area contributed by atoms with Crippen LogP contribution in [0, 0.1) is 0 Å². The minimum atomic E-state index is 0.282. The summed E-state index contributed by atoms with van der Waals surface area (Å²) in [6.45, 7) is 7.79. The van der Waals surface area contributed by atoms with Crippen molar-refractivity contribution in [3.8, 4) is 0 Å². The molecule has 0 spiro atoms. The lowest BCUT2D eigenvalue weighted by molar-refractivity contribution is 0.337. The third-order valence-electron chi connectivity index (χ3n) is 4.26. The van der Waals surface area contributed by atoms with Crippen LogP contribution >= 0.6 is 11.6 Å². The Bertz CT molecular complexity index is 449. The molecule has 1 N–H and O–H groups in total. The zero-order valence-corrected chi connectivity index (χ0v) is 13.7. The molecule has 1 aliphatic heterocycles. The summed E-state index contributed by atoms with van der Waals surface area (Å²) in [6.07, 6.45) is 1.20. The van der Waals surface area contributed by atoms with E-state index >= 15 is 0 Å². The molecule has 1 heterocycles. The van der Waals surface area contributed by atoms with Crippen LogP contribution in [0.3, 0.4) is 0 Å². The minimum absolute atomic E-state index is 0.282. The summed E-state index contributed by atoms with van der Waals surface area (Å²) in [6, 6.07) is 7.28. The van der Waals surface area contributed by atoms with Gasteiger partial charge in [-0.1, -0.05) is 17.7 Å². The number of hydrogen-bond donors (Lipinski definition) is 1. The predicted molar refractivity (Wildman–Crippen MR) is 87.8 cm³/mol. The van der Waals surface area contributed by atoms with E-state index in [9.17, 15) is 0 Å². The number of nitrogens with zero attached hydrogens (tertiary/aromatic N) is 2. The predicted octanol–water partition coefficient (Wildman–Crippen LogP) is 3.15. The van der Waals surface area contributed by atoms with Gasteiger partial charge < -0.3 is 15.1 Å². The second-order valence-corrected chi connectivity index (χ2v) is 6.28. The van der Waals surface area contributed by atoms with Gasteiger partial charge in [-0.15, -0.1) is 0 Å². The highest BCUT2D eigenvalue weighted by atomic mass is 35.5. The molecule has 0 aliphatic carbocycles. The molecule has 4 heteroatoms. The molecule has 0 aromatic heterocycles. The maximum atomic E-state index is 6.46. The van der Waals surface area contributed by atoms with E-state index in [1.165, 1.54) is 18.7 Å². The summed E-state index contributed by atoms with van der Waals surface area (Å²) < 4.78 is 0. The third-order valence-corrected chi connectivity index (χ3v) is 4.59. The molecule has 112 valence electrons. The summed E-state index contributed by atoms with van der Waals surface area (Å²) in [5.74, 6) is 0. The van der Waals surface area contributed by atoms with Crippen LogP contribution in [0.25, 0.3) is 0 Å². The van der Waals surface area contributed by atoms with Crippen molar-refractivity contribution in [3.05, 3.63) is 28.8 Å². The Morgan fingerprint density at radius 3 is 2.75 bits per heavy atom. The van der Waals surface area contributed by atoms with Crippen molar-refractivity contribution in [1.82, 2.24) is 10.2 Å². The van der Waals surface area contributed by atoms with E-state index < -0.39 is 0 Å². The highest BCUT2D eigenvalue weighted by molar-refractivity contribution is 6.31. The first-order valence-corrected chi connectivity index (χ1v) is 7.82. The van der Waals surface area contributed by atoms with E-state index in [-0.39, 0.29) is 6.04 Å². The van der Waals surface area contributed by atoms with Crippen molar-refractivity contribution >= 4 is 17.3 Å². The lowest BCUT2D eigenvalue weighted by atomic mass is 10.1. The van der Waals surface area contributed by atoms with E-state index in [4.69, 9.17) is 11.6 Å². The molecule has 2 rings (SSSR count). The van der Waals surface area contributed by atoms with Gasteiger partial charge in [0, 0.05) is 35.9 Å². The highest BCUT2D eigenvalue weighted by Gasteiger charge is 2.20. The highest BCUT2D eigenvalue weighted by Crippen LogP contribution is 2.29. The standard InChI is InChI=1S/C16H26ClN3/c1-12-11-19(4)8-5-9-20(12)14-6-7-15(13(2)18-3)16(17)10-14/h6-7,10,12-13,18H,5,8-9,11H2,1-4H3. The Hall–Kier alpha value is -0.770. The molecule has 1 aromatic carbocycles. The molecule has 2 unspecified atom stereocenters. The molecule has 1 saturated heterocycles. The normalized spacial score (nSPS) is 22.6. The van der Waals surface area contributed by atoms with E-state index in [2.05, 4.69) is 54.2 Å². The number of halogens is 1. The summed E-state index contributed by atoms with van der Waals surface area (Å²) >= 11 is 6.46. The van der Waals surface area contributed by atoms with Gasteiger partial charge in [-0.2, -0.15) is 0 Å². The van der Waals surface area contributed by atoms with Crippen molar-refractivity contribution in [3.63, 3.8) is 0 Å². The Kier molecular flexibility index (Phi) is 5.30. The summed E-state index contributed by atoms with van der Waals surface area (Å²) in [7, 11) is 4.16. The number of rotatable bonds is 3. The summed E-state index contributed by atoms with van der Waals surface area (Å²) in [4.78, 5) is 4.88. The van der Waals surface area contributed by atoms with E-state index in [1.54, 1.807) is 0 Å². The largest absolute Gasteiger partial charge is 0.367 e. The zero-order chi connectivity index (χ0) is 14.7. The van der Waals surface area contributed by atoms with Crippen LogP contribution in [0.5, 0.6) is 0 Å². The van der Waals surface area contributed by atoms with Crippen LogP contribution in [0.2, 0.25) is 5.02 Å². The maximum absolute atomic E-state index is 6.46. The topological polar surface area (TPSA) is 18.5 Å². The first-order valence-electron chi connectivity index (χ1n) is 7.45. The van der Waals surface area contributed by atoms with E-state index in [0.29, 0.717) is 6.04 Å². The third kappa shape index (κ3) is 3.46. The molecule has 0 amide bonds. The van der Waals surface area contributed by atoms with Crippen LogP contribution in [0.4, 0.5) is 5.69 Å². The van der Waals surface area contributed by atoms with Crippen molar-refractivity contribution < 1.29 is 0 Å². The van der Waals surface area contributed by atoms with E-state index in [1.807, 2.05) is 7.05 Å². The van der Waals surface area contributed by atoms with Gasteiger partial charge in [0.25, 0.3) is 0 Å².